The highest BCUT2D eigenvalue weighted by Crippen LogP contribution is 2.14. The van der Waals surface area contributed by atoms with Crippen molar-refractivity contribution in [2.24, 2.45) is 0 Å². The smallest absolute Gasteiger partial charge is 0.340 e. The van der Waals surface area contributed by atoms with Gasteiger partial charge in [0, 0.05) is 25.0 Å². The lowest BCUT2D eigenvalue weighted by Gasteiger charge is -2.27. The van der Waals surface area contributed by atoms with Gasteiger partial charge in [0.15, 0.2) is 6.10 Å². The first-order valence-corrected chi connectivity index (χ1v) is 8.49. The number of rotatable bonds is 5. The maximum absolute atomic E-state index is 12.2. The maximum atomic E-state index is 12.2. The molecule has 0 unspecified atom stereocenters. The van der Waals surface area contributed by atoms with Crippen LogP contribution in [0.3, 0.4) is 0 Å². The first-order chi connectivity index (χ1) is 12.6. The zero-order valence-electron chi connectivity index (χ0n) is 14.6. The second-order valence-corrected chi connectivity index (χ2v) is 5.91. The number of para-hydroxylation sites is 1. The van der Waals surface area contributed by atoms with Gasteiger partial charge in [0.2, 0.25) is 0 Å². The lowest BCUT2D eigenvalue weighted by Crippen LogP contribution is -2.36. The molecular formula is C19H21N3O4. The highest BCUT2D eigenvalue weighted by atomic mass is 16.5. The number of nitrogens with zero attached hydrogens (tertiary/aromatic N) is 2. The van der Waals surface area contributed by atoms with Crippen molar-refractivity contribution in [1.82, 2.24) is 4.98 Å². The Balaban J connectivity index is 1.56. The Kier molecular flexibility index (Phi) is 5.80. The summed E-state index contributed by atoms with van der Waals surface area (Å²) in [5.74, 6) is -0.177. The van der Waals surface area contributed by atoms with Gasteiger partial charge in [-0.15, -0.1) is 0 Å². The monoisotopic (exact) mass is 355 g/mol. The molecule has 0 spiro atoms. The number of benzene rings is 1. The van der Waals surface area contributed by atoms with Crippen molar-refractivity contribution in [3.8, 4) is 0 Å². The van der Waals surface area contributed by atoms with E-state index in [0.29, 0.717) is 24.5 Å². The van der Waals surface area contributed by atoms with Crippen LogP contribution in [0.5, 0.6) is 0 Å². The highest BCUT2D eigenvalue weighted by Gasteiger charge is 2.20. The number of esters is 1. The summed E-state index contributed by atoms with van der Waals surface area (Å²) in [4.78, 5) is 30.7. The molecule has 1 atom stereocenters. The average molecular weight is 355 g/mol. The number of hydrogen-bond acceptors (Lipinski definition) is 6. The molecule has 1 aromatic carbocycles. The van der Waals surface area contributed by atoms with Crippen LogP contribution in [0.25, 0.3) is 0 Å². The summed E-state index contributed by atoms with van der Waals surface area (Å²) in [5, 5.41) is 2.70. The summed E-state index contributed by atoms with van der Waals surface area (Å²) in [6.45, 7) is 4.41. The summed E-state index contributed by atoms with van der Waals surface area (Å²) in [6.07, 6.45) is 0.552. The highest BCUT2D eigenvalue weighted by molar-refractivity contribution is 5.97. The Bertz CT molecular complexity index is 743. The molecule has 1 aromatic heterocycles. The zero-order valence-corrected chi connectivity index (χ0v) is 14.6. The fourth-order valence-corrected chi connectivity index (χ4v) is 2.53. The van der Waals surface area contributed by atoms with Crippen LogP contribution in [0.15, 0.2) is 48.7 Å². The first-order valence-electron chi connectivity index (χ1n) is 8.49. The van der Waals surface area contributed by atoms with Gasteiger partial charge in [0.1, 0.15) is 5.82 Å². The van der Waals surface area contributed by atoms with Gasteiger partial charge in [-0.3, -0.25) is 4.79 Å². The van der Waals surface area contributed by atoms with Crippen LogP contribution in [0.2, 0.25) is 0 Å². The quantitative estimate of drug-likeness (QED) is 0.828. The van der Waals surface area contributed by atoms with Crippen LogP contribution in [0, 0.1) is 0 Å². The molecule has 1 fully saturated rings. The molecule has 1 amide bonds. The summed E-state index contributed by atoms with van der Waals surface area (Å²) < 4.78 is 10.5. The van der Waals surface area contributed by atoms with Gasteiger partial charge in [-0.2, -0.15) is 0 Å². The topological polar surface area (TPSA) is 80.8 Å². The number of amides is 1. The summed E-state index contributed by atoms with van der Waals surface area (Å²) in [5.41, 5.74) is 0.957. The molecule has 1 saturated heterocycles. The molecule has 0 saturated carbocycles. The van der Waals surface area contributed by atoms with E-state index >= 15 is 0 Å². The van der Waals surface area contributed by atoms with E-state index in [-0.39, 0.29) is 5.91 Å². The third-order valence-corrected chi connectivity index (χ3v) is 4.01. The molecule has 1 aliphatic heterocycles. The number of pyridine rings is 1. The first kappa shape index (κ1) is 17.9. The van der Waals surface area contributed by atoms with E-state index in [4.69, 9.17) is 9.47 Å². The Labute approximate surface area is 151 Å². The lowest BCUT2D eigenvalue weighted by molar-refractivity contribution is -0.123. The standard InChI is InChI=1S/C19H21N3O4/c1-14(18(23)21-16-5-3-2-4-6-16)26-19(24)15-7-8-17(20-13-15)22-9-11-25-12-10-22/h2-8,13-14H,9-12H2,1H3,(H,21,23)/t14-/m1/s1. The second kappa shape index (κ2) is 8.44. The van der Waals surface area contributed by atoms with Gasteiger partial charge < -0.3 is 19.7 Å². The molecule has 0 radical (unpaired) electrons. The normalized spacial score (nSPS) is 15.2. The van der Waals surface area contributed by atoms with Crippen LogP contribution >= 0.6 is 0 Å². The number of nitrogens with one attached hydrogen (secondary N) is 1. The molecule has 7 nitrogen and oxygen atoms in total. The number of hydrogen-bond donors (Lipinski definition) is 1. The van der Waals surface area contributed by atoms with Crippen LogP contribution < -0.4 is 10.2 Å². The van der Waals surface area contributed by atoms with Crippen molar-refractivity contribution in [1.29, 1.82) is 0 Å². The van der Waals surface area contributed by atoms with Crippen molar-refractivity contribution < 1.29 is 19.1 Å². The predicted molar refractivity (Wildman–Crippen MR) is 97.2 cm³/mol. The van der Waals surface area contributed by atoms with E-state index in [0.717, 1.165) is 18.9 Å². The Hall–Kier alpha value is -2.93. The van der Waals surface area contributed by atoms with Gasteiger partial charge in [-0.05, 0) is 31.2 Å². The van der Waals surface area contributed by atoms with E-state index in [1.165, 1.54) is 13.1 Å². The van der Waals surface area contributed by atoms with E-state index in [2.05, 4.69) is 15.2 Å². The molecule has 0 bridgehead atoms. The van der Waals surface area contributed by atoms with E-state index in [9.17, 15) is 9.59 Å². The summed E-state index contributed by atoms with van der Waals surface area (Å²) in [7, 11) is 0. The number of aromatic nitrogens is 1. The van der Waals surface area contributed by atoms with Crippen molar-refractivity contribution in [2.45, 2.75) is 13.0 Å². The molecule has 136 valence electrons. The molecule has 2 heterocycles. The molecule has 3 rings (SSSR count). The molecule has 1 N–H and O–H groups in total. The minimum absolute atomic E-state index is 0.307. The number of morpholine rings is 1. The van der Waals surface area contributed by atoms with Gasteiger partial charge in [0.05, 0.1) is 18.8 Å². The minimum Gasteiger partial charge on any atom is -0.449 e. The van der Waals surface area contributed by atoms with Crippen molar-refractivity contribution >= 4 is 23.4 Å². The SMILES string of the molecule is C[C@@H](OC(=O)c1ccc(N2CCOCC2)nc1)C(=O)Nc1ccccc1. The summed E-state index contributed by atoms with van der Waals surface area (Å²) in [6, 6.07) is 12.4. The number of ether oxygens (including phenoxy) is 2. The van der Waals surface area contributed by atoms with Crippen LogP contribution in [0.1, 0.15) is 17.3 Å². The molecule has 0 aliphatic carbocycles. The molecule has 7 heteroatoms. The van der Waals surface area contributed by atoms with Crippen molar-refractivity contribution in [2.75, 3.05) is 36.5 Å². The third kappa shape index (κ3) is 4.58. The van der Waals surface area contributed by atoms with Gasteiger partial charge >= 0.3 is 5.97 Å². The fourth-order valence-electron chi connectivity index (χ4n) is 2.53. The van der Waals surface area contributed by atoms with Crippen molar-refractivity contribution in [3.05, 3.63) is 54.2 Å². The molecule has 26 heavy (non-hydrogen) atoms. The van der Waals surface area contributed by atoms with Gasteiger partial charge in [0.25, 0.3) is 5.91 Å². The molecule has 1 aliphatic rings. The average Bonchev–Trinajstić information content (AvgIpc) is 2.69. The van der Waals surface area contributed by atoms with E-state index < -0.39 is 12.1 Å². The van der Waals surface area contributed by atoms with E-state index in [1.807, 2.05) is 18.2 Å². The summed E-state index contributed by atoms with van der Waals surface area (Å²) >= 11 is 0. The van der Waals surface area contributed by atoms with E-state index in [1.54, 1.807) is 24.3 Å². The van der Waals surface area contributed by atoms with Gasteiger partial charge in [-0.1, -0.05) is 18.2 Å². The Morgan fingerprint density at radius 1 is 1.15 bits per heavy atom. The lowest BCUT2D eigenvalue weighted by atomic mass is 10.2. The van der Waals surface area contributed by atoms with Crippen molar-refractivity contribution in [3.63, 3.8) is 0 Å². The minimum atomic E-state index is -0.915. The maximum Gasteiger partial charge on any atom is 0.340 e. The third-order valence-electron chi connectivity index (χ3n) is 4.01. The largest absolute Gasteiger partial charge is 0.449 e. The van der Waals surface area contributed by atoms with Crippen LogP contribution in [-0.4, -0.2) is 49.3 Å². The predicted octanol–water partition coefficient (Wildman–Crippen LogP) is 2.10. The van der Waals surface area contributed by atoms with Crippen LogP contribution in [0.4, 0.5) is 11.5 Å². The molecule has 2 aromatic rings. The zero-order chi connectivity index (χ0) is 18.4. The Morgan fingerprint density at radius 2 is 1.88 bits per heavy atom. The van der Waals surface area contributed by atoms with Crippen LogP contribution in [-0.2, 0) is 14.3 Å². The fraction of sp³-hybridized carbons (Fsp3) is 0.316. The Morgan fingerprint density at radius 3 is 2.54 bits per heavy atom. The number of carbonyl (C=O) groups is 2. The van der Waals surface area contributed by atoms with Gasteiger partial charge in [-0.25, -0.2) is 9.78 Å². The molecular weight excluding hydrogens is 334 g/mol. The second-order valence-electron chi connectivity index (χ2n) is 5.91. The number of anilines is 2. The number of carbonyl (C=O) groups excluding carboxylic acids is 2.